The van der Waals surface area contributed by atoms with Crippen LogP contribution >= 0.6 is 0 Å². The number of para-hydroxylation sites is 2. The van der Waals surface area contributed by atoms with E-state index in [9.17, 15) is 0 Å². The molecular weight excluding hydrogens is 374 g/mol. The Bertz CT molecular complexity index is 526. The zero-order valence-corrected chi connectivity index (χ0v) is 16.5. The van der Waals surface area contributed by atoms with Crippen LogP contribution in [-0.4, -0.2) is 13.1 Å². The number of halogens is 2. The summed E-state index contributed by atoms with van der Waals surface area (Å²) in [6, 6.07) is 12.9. The molecule has 0 saturated carbocycles. The second kappa shape index (κ2) is 10.9. The first-order valence-electron chi connectivity index (χ1n) is 7.16. The molecule has 2 aromatic carbocycles. The molecule has 2 rings (SSSR count). The third-order valence-electron chi connectivity index (χ3n) is 3.77. The van der Waals surface area contributed by atoms with E-state index in [0.29, 0.717) is 6.54 Å². The van der Waals surface area contributed by atoms with E-state index in [-0.39, 0.29) is 41.3 Å². The minimum absolute atomic E-state index is 0. The first-order valence-corrected chi connectivity index (χ1v) is 7.16. The maximum Gasteiger partial charge on any atom is 2.00 e. The molecule has 0 amide bonds. The minimum atomic E-state index is 0. The Morgan fingerprint density at radius 2 is 1.04 bits per heavy atom. The van der Waals surface area contributed by atoms with Gasteiger partial charge >= 0.3 is 16.5 Å². The molecule has 0 aliphatic heterocycles. The van der Waals surface area contributed by atoms with E-state index in [1.165, 1.54) is 33.6 Å². The summed E-state index contributed by atoms with van der Waals surface area (Å²) in [6.45, 7) is 10.1. The number of nitrogens with zero attached hydrogens (tertiary/aromatic N) is 1. The molecule has 0 bridgehead atoms. The quantitative estimate of drug-likeness (QED) is 0.606. The molecule has 5 heteroatoms. The van der Waals surface area contributed by atoms with Gasteiger partial charge in [0.15, 0.2) is 0 Å². The van der Waals surface area contributed by atoms with Crippen LogP contribution in [0.4, 0.5) is 11.4 Å². The fourth-order valence-corrected chi connectivity index (χ4v) is 2.93. The van der Waals surface area contributed by atoms with Crippen molar-refractivity contribution in [3.8, 4) is 0 Å². The molecule has 2 nitrogen and oxygen atoms in total. The first-order chi connectivity index (χ1) is 9.56. The van der Waals surface area contributed by atoms with Crippen LogP contribution in [0.5, 0.6) is 0 Å². The van der Waals surface area contributed by atoms with Crippen LogP contribution in [0.3, 0.4) is 0 Å². The second-order valence-corrected chi connectivity index (χ2v) is 5.42. The Balaban J connectivity index is 0. The van der Waals surface area contributed by atoms with Crippen LogP contribution in [0.15, 0.2) is 36.4 Å². The Kier molecular flexibility index (Phi) is 11.7. The third-order valence-corrected chi connectivity index (χ3v) is 3.77. The van der Waals surface area contributed by atoms with Crippen LogP contribution in [0.1, 0.15) is 22.3 Å². The average Bonchev–Trinajstić information content (AvgIpc) is 2.38. The predicted octanol–water partition coefficient (Wildman–Crippen LogP) is -1.98. The minimum Gasteiger partial charge on any atom is -1.00 e. The van der Waals surface area contributed by atoms with Crippen LogP contribution in [0.2, 0.25) is 0 Å². The molecule has 0 spiro atoms. The van der Waals surface area contributed by atoms with Gasteiger partial charge in [-0.3, -0.25) is 0 Å². The van der Waals surface area contributed by atoms with Crippen LogP contribution < -0.4 is 35.4 Å². The van der Waals surface area contributed by atoms with Crippen LogP contribution in [0.25, 0.3) is 0 Å². The van der Waals surface area contributed by atoms with Crippen molar-refractivity contribution in [3.63, 3.8) is 0 Å². The van der Waals surface area contributed by atoms with Crippen molar-refractivity contribution in [1.29, 1.82) is 0 Å². The van der Waals surface area contributed by atoms with E-state index in [4.69, 9.17) is 5.73 Å². The smallest absolute Gasteiger partial charge is 1.00 e. The summed E-state index contributed by atoms with van der Waals surface area (Å²) in [5, 5.41) is 0. The topological polar surface area (TPSA) is 29.3 Å². The molecule has 2 aromatic rings. The van der Waals surface area contributed by atoms with Gasteiger partial charge in [0.05, 0.1) is 0 Å². The molecule has 130 valence electrons. The molecule has 0 aliphatic rings. The molecule has 23 heavy (non-hydrogen) atoms. The molecule has 0 fully saturated rings. The van der Waals surface area contributed by atoms with Gasteiger partial charge in [-0.05, 0) is 49.9 Å². The number of anilines is 2. The van der Waals surface area contributed by atoms with E-state index < -0.39 is 0 Å². The van der Waals surface area contributed by atoms with Crippen molar-refractivity contribution >= 4 is 11.4 Å². The summed E-state index contributed by atoms with van der Waals surface area (Å²) in [7, 11) is 0. The van der Waals surface area contributed by atoms with Crippen molar-refractivity contribution in [3.05, 3.63) is 58.7 Å². The Morgan fingerprint density at radius 1 is 0.739 bits per heavy atom. The zero-order chi connectivity index (χ0) is 14.7. The number of aryl methyl sites for hydroxylation is 4. The van der Waals surface area contributed by atoms with Gasteiger partial charge in [0.25, 0.3) is 0 Å². The largest absolute Gasteiger partial charge is 2.00 e. The SMILES string of the molecule is Cc1cccc(C)c1N(CCN)c1c(C)cccc1C.[Cl-].[Cl-].[Ni+2]. The number of rotatable bonds is 4. The average molecular weight is 398 g/mol. The Morgan fingerprint density at radius 3 is 1.30 bits per heavy atom. The number of hydrogen-bond acceptors (Lipinski definition) is 2. The molecule has 2 N–H and O–H groups in total. The molecule has 0 aliphatic carbocycles. The maximum atomic E-state index is 5.86. The maximum absolute atomic E-state index is 5.86. The standard InChI is InChI=1S/C18H24N2.2ClH.Ni/c1-13-7-5-8-14(2)17(13)20(12-11-19)18-15(3)9-6-10-16(18)4;;;/h5-10H,11-12,19H2,1-4H3;2*1H;/q;;;+2/p-2. The van der Waals surface area contributed by atoms with E-state index >= 15 is 0 Å². The van der Waals surface area contributed by atoms with Crippen molar-refractivity contribution in [2.75, 3.05) is 18.0 Å². The van der Waals surface area contributed by atoms with Gasteiger partial charge in [0.2, 0.25) is 0 Å². The molecular formula is C18H24Cl2N2Ni. The summed E-state index contributed by atoms with van der Waals surface area (Å²) in [4.78, 5) is 2.37. The van der Waals surface area contributed by atoms with E-state index in [0.717, 1.165) is 6.54 Å². The van der Waals surface area contributed by atoms with Crippen molar-refractivity contribution in [1.82, 2.24) is 0 Å². The van der Waals surface area contributed by atoms with Crippen LogP contribution in [0, 0.1) is 27.7 Å². The van der Waals surface area contributed by atoms with Crippen molar-refractivity contribution < 1.29 is 41.3 Å². The van der Waals surface area contributed by atoms with Crippen molar-refractivity contribution in [2.45, 2.75) is 27.7 Å². The Hall–Kier alpha value is -0.726. The molecule has 0 saturated heterocycles. The van der Waals surface area contributed by atoms with Gasteiger partial charge in [-0.2, -0.15) is 0 Å². The fraction of sp³-hybridized carbons (Fsp3) is 0.333. The predicted molar refractivity (Wildman–Crippen MR) is 87.9 cm³/mol. The van der Waals surface area contributed by atoms with E-state index in [1.807, 2.05) is 0 Å². The summed E-state index contributed by atoms with van der Waals surface area (Å²) in [5.41, 5.74) is 13.6. The van der Waals surface area contributed by atoms with E-state index in [2.05, 4.69) is 69.0 Å². The number of hydrogen-bond donors (Lipinski definition) is 1. The number of benzene rings is 2. The second-order valence-electron chi connectivity index (χ2n) is 5.42. The zero-order valence-electron chi connectivity index (χ0n) is 14.0. The third kappa shape index (κ3) is 5.39. The first kappa shape index (κ1) is 24.5. The normalized spacial score (nSPS) is 9.26. The van der Waals surface area contributed by atoms with Crippen LogP contribution in [-0.2, 0) is 16.5 Å². The van der Waals surface area contributed by atoms with Gasteiger partial charge < -0.3 is 35.4 Å². The molecule has 0 unspecified atom stereocenters. The molecule has 0 atom stereocenters. The summed E-state index contributed by atoms with van der Waals surface area (Å²) >= 11 is 0. The molecule has 0 radical (unpaired) electrons. The van der Waals surface area contributed by atoms with Gasteiger partial charge in [-0.1, -0.05) is 36.4 Å². The monoisotopic (exact) mass is 396 g/mol. The molecule has 0 heterocycles. The molecule has 0 aromatic heterocycles. The number of nitrogens with two attached hydrogens (primary N) is 1. The Labute approximate surface area is 162 Å². The fourth-order valence-electron chi connectivity index (χ4n) is 2.93. The van der Waals surface area contributed by atoms with Crippen molar-refractivity contribution in [2.24, 2.45) is 5.73 Å². The summed E-state index contributed by atoms with van der Waals surface area (Å²) in [5.74, 6) is 0. The van der Waals surface area contributed by atoms with Gasteiger partial charge in [-0.15, -0.1) is 0 Å². The van der Waals surface area contributed by atoms with E-state index in [1.54, 1.807) is 0 Å². The van der Waals surface area contributed by atoms with Gasteiger partial charge in [0, 0.05) is 24.5 Å². The summed E-state index contributed by atoms with van der Waals surface area (Å²) < 4.78 is 0. The van der Waals surface area contributed by atoms with Gasteiger partial charge in [-0.25, -0.2) is 0 Å². The summed E-state index contributed by atoms with van der Waals surface area (Å²) in [6.07, 6.45) is 0. The van der Waals surface area contributed by atoms with Gasteiger partial charge in [0.1, 0.15) is 0 Å².